The third kappa shape index (κ3) is 3.59. The molecule has 1 N–H and O–H groups in total. The standard InChI is InChI=1S/C25H28N2O4/c28-23(26-13-5-6-14-26)25(30)12-7-15-27(17-25)24(29)31-16-22-20-10-3-1-8-18(20)19-9-2-4-11-21(19)22/h1-4,8-11,22,30H,5-7,12-17H2. The Bertz CT molecular complexity index is 955. The number of hydrogen-bond acceptors (Lipinski definition) is 4. The van der Waals surface area contributed by atoms with Crippen molar-refractivity contribution in [3.05, 3.63) is 59.7 Å². The Morgan fingerprint density at radius 1 is 0.903 bits per heavy atom. The Labute approximate surface area is 182 Å². The van der Waals surface area contributed by atoms with Crippen LogP contribution in [0.5, 0.6) is 0 Å². The smallest absolute Gasteiger partial charge is 0.409 e. The van der Waals surface area contributed by atoms with Gasteiger partial charge in [0.1, 0.15) is 6.61 Å². The molecule has 0 aromatic heterocycles. The molecule has 1 unspecified atom stereocenters. The number of ether oxygens (including phenoxy) is 1. The first-order valence-electron chi connectivity index (χ1n) is 11.2. The molecular weight excluding hydrogens is 392 g/mol. The molecule has 2 aromatic rings. The summed E-state index contributed by atoms with van der Waals surface area (Å²) in [6.07, 6.45) is 2.44. The molecule has 1 atom stereocenters. The van der Waals surface area contributed by atoms with E-state index in [0.717, 1.165) is 24.0 Å². The highest BCUT2D eigenvalue weighted by atomic mass is 16.6. The van der Waals surface area contributed by atoms with Crippen molar-refractivity contribution < 1.29 is 19.4 Å². The van der Waals surface area contributed by atoms with Crippen molar-refractivity contribution in [2.45, 2.75) is 37.2 Å². The summed E-state index contributed by atoms with van der Waals surface area (Å²) < 4.78 is 5.73. The summed E-state index contributed by atoms with van der Waals surface area (Å²) in [6, 6.07) is 16.4. The van der Waals surface area contributed by atoms with Crippen LogP contribution in [-0.4, -0.2) is 65.3 Å². The van der Waals surface area contributed by atoms with Gasteiger partial charge in [-0.05, 0) is 47.9 Å². The Morgan fingerprint density at radius 3 is 2.13 bits per heavy atom. The van der Waals surface area contributed by atoms with Gasteiger partial charge in [-0.3, -0.25) is 4.79 Å². The number of carbonyl (C=O) groups is 2. The second kappa shape index (κ2) is 8.00. The molecule has 3 aliphatic rings. The van der Waals surface area contributed by atoms with Crippen LogP contribution in [0.15, 0.2) is 48.5 Å². The fraction of sp³-hybridized carbons (Fsp3) is 0.440. The van der Waals surface area contributed by atoms with E-state index in [1.54, 1.807) is 4.90 Å². The van der Waals surface area contributed by atoms with E-state index in [9.17, 15) is 14.7 Å². The van der Waals surface area contributed by atoms with Gasteiger partial charge < -0.3 is 19.6 Å². The predicted octanol–water partition coefficient (Wildman–Crippen LogP) is 3.38. The molecule has 2 amide bonds. The van der Waals surface area contributed by atoms with Gasteiger partial charge in [0.25, 0.3) is 5.91 Å². The highest BCUT2D eigenvalue weighted by Crippen LogP contribution is 2.44. The predicted molar refractivity (Wildman–Crippen MR) is 117 cm³/mol. The molecule has 2 heterocycles. The quantitative estimate of drug-likeness (QED) is 0.827. The van der Waals surface area contributed by atoms with Crippen LogP contribution in [0.3, 0.4) is 0 Å². The number of rotatable bonds is 3. The van der Waals surface area contributed by atoms with E-state index < -0.39 is 11.7 Å². The highest BCUT2D eigenvalue weighted by molar-refractivity contribution is 5.86. The number of carbonyl (C=O) groups excluding carboxylic acids is 2. The largest absolute Gasteiger partial charge is 0.448 e. The summed E-state index contributed by atoms with van der Waals surface area (Å²) in [6.45, 7) is 2.10. The minimum atomic E-state index is -1.51. The van der Waals surface area contributed by atoms with Gasteiger partial charge in [0.2, 0.25) is 0 Å². The second-order valence-electron chi connectivity index (χ2n) is 8.86. The molecule has 6 nitrogen and oxygen atoms in total. The van der Waals surface area contributed by atoms with Crippen LogP contribution in [0.2, 0.25) is 0 Å². The van der Waals surface area contributed by atoms with Gasteiger partial charge in [-0.25, -0.2) is 4.79 Å². The molecule has 5 rings (SSSR count). The summed E-state index contributed by atoms with van der Waals surface area (Å²) in [5.41, 5.74) is 3.19. The lowest BCUT2D eigenvalue weighted by molar-refractivity contribution is -0.155. The van der Waals surface area contributed by atoms with Crippen molar-refractivity contribution in [1.29, 1.82) is 0 Å². The molecule has 0 bridgehead atoms. The monoisotopic (exact) mass is 420 g/mol. The molecule has 2 saturated heterocycles. The van der Waals surface area contributed by atoms with E-state index >= 15 is 0 Å². The topological polar surface area (TPSA) is 70.1 Å². The SMILES string of the molecule is O=C(OCC1c2ccccc2-c2ccccc21)N1CCCC(O)(C(=O)N2CCCC2)C1. The Morgan fingerprint density at radius 2 is 1.48 bits per heavy atom. The van der Waals surface area contributed by atoms with E-state index in [0.29, 0.717) is 32.5 Å². The molecule has 162 valence electrons. The van der Waals surface area contributed by atoms with Crippen molar-refractivity contribution >= 4 is 12.0 Å². The number of aliphatic hydroxyl groups is 1. The fourth-order valence-corrected chi connectivity index (χ4v) is 5.27. The molecule has 2 fully saturated rings. The highest BCUT2D eigenvalue weighted by Gasteiger charge is 2.45. The summed E-state index contributed by atoms with van der Waals surface area (Å²) in [5.74, 6) is -0.257. The average Bonchev–Trinajstić information content (AvgIpc) is 3.44. The molecule has 0 radical (unpaired) electrons. The first-order chi connectivity index (χ1) is 15.1. The normalized spacial score (nSPS) is 22.9. The van der Waals surface area contributed by atoms with Gasteiger partial charge in [-0.1, -0.05) is 48.5 Å². The third-order valence-corrected chi connectivity index (χ3v) is 6.86. The lowest BCUT2D eigenvalue weighted by Gasteiger charge is -2.39. The number of fused-ring (bicyclic) bond motifs is 3. The molecule has 2 aromatic carbocycles. The number of hydrogen-bond donors (Lipinski definition) is 1. The Hall–Kier alpha value is -2.86. The van der Waals surface area contributed by atoms with Crippen LogP contribution in [0.4, 0.5) is 4.79 Å². The number of amides is 2. The molecule has 1 aliphatic carbocycles. The van der Waals surface area contributed by atoms with Crippen molar-refractivity contribution in [3.63, 3.8) is 0 Å². The first-order valence-corrected chi connectivity index (χ1v) is 11.2. The van der Waals surface area contributed by atoms with Gasteiger partial charge in [0.15, 0.2) is 5.60 Å². The fourth-order valence-electron chi connectivity index (χ4n) is 5.27. The molecule has 31 heavy (non-hydrogen) atoms. The molecule has 6 heteroatoms. The zero-order valence-electron chi connectivity index (χ0n) is 17.6. The van der Waals surface area contributed by atoms with Crippen molar-refractivity contribution in [1.82, 2.24) is 9.80 Å². The number of β-amino-alcohol motifs (C(OH)–C–C–N with tert-alkyl or cyclic N) is 1. The summed E-state index contributed by atoms with van der Waals surface area (Å²) in [4.78, 5) is 28.9. The first kappa shape index (κ1) is 20.1. The van der Waals surface area contributed by atoms with Crippen LogP contribution in [0, 0.1) is 0 Å². The van der Waals surface area contributed by atoms with Crippen LogP contribution in [0.1, 0.15) is 42.7 Å². The van der Waals surface area contributed by atoms with Gasteiger partial charge in [-0.15, -0.1) is 0 Å². The summed E-state index contributed by atoms with van der Waals surface area (Å²) in [7, 11) is 0. The molecule has 0 spiro atoms. The van der Waals surface area contributed by atoms with Crippen LogP contribution in [0.25, 0.3) is 11.1 Å². The van der Waals surface area contributed by atoms with E-state index in [2.05, 4.69) is 24.3 Å². The number of nitrogens with zero attached hydrogens (tertiary/aromatic N) is 2. The summed E-state index contributed by atoms with van der Waals surface area (Å²) >= 11 is 0. The minimum Gasteiger partial charge on any atom is -0.448 e. The summed E-state index contributed by atoms with van der Waals surface area (Å²) in [5, 5.41) is 11.0. The van der Waals surface area contributed by atoms with Crippen LogP contribution in [-0.2, 0) is 9.53 Å². The molecule has 2 aliphatic heterocycles. The minimum absolute atomic E-state index is 0.000985. The lowest BCUT2D eigenvalue weighted by Crippen LogP contribution is -2.58. The van der Waals surface area contributed by atoms with Gasteiger partial charge in [-0.2, -0.15) is 0 Å². The van der Waals surface area contributed by atoms with E-state index in [-0.39, 0.29) is 25.0 Å². The Kier molecular flexibility index (Phi) is 5.18. The Balaban J connectivity index is 1.27. The van der Waals surface area contributed by atoms with Crippen molar-refractivity contribution in [2.75, 3.05) is 32.8 Å². The number of likely N-dealkylation sites (tertiary alicyclic amines) is 2. The van der Waals surface area contributed by atoms with E-state index in [1.165, 1.54) is 16.0 Å². The van der Waals surface area contributed by atoms with Crippen molar-refractivity contribution in [3.8, 4) is 11.1 Å². The maximum Gasteiger partial charge on any atom is 0.409 e. The third-order valence-electron chi connectivity index (χ3n) is 6.86. The van der Waals surface area contributed by atoms with E-state index in [4.69, 9.17) is 4.74 Å². The maximum absolute atomic E-state index is 12.9. The van der Waals surface area contributed by atoms with Gasteiger partial charge in [0.05, 0.1) is 6.54 Å². The molecule has 0 saturated carbocycles. The van der Waals surface area contributed by atoms with Crippen molar-refractivity contribution in [2.24, 2.45) is 0 Å². The number of benzene rings is 2. The molecular formula is C25H28N2O4. The second-order valence-corrected chi connectivity index (χ2v) is 8.86. The number of piperidine rings is 1. The van der Waals surface area contributed by atoms with Gasteiger partial charge in [0, 0.05) is 25.6 Å². The average molecular weight is 421 g/mol. The zero-order chi connectivity index (χ0) is 21.4. The van der Waals surface area contributed by atoms with Crippen LogP contribution < -0.4 is 0 Å². The zero-order valence-corrected chi connectivity index (χ0v) is 17.6. The lowest BCUT2D eigenvalue weighted by atomic mass is 9.91. The van der Waals surface area contributed by atoms with Gasteiger partial charge >= 0.3 is 6.09 Å². The maximum atomic E-state index is 12.9. The van der Waals surface area contributed by atoms with Crippen LogP contribution >= 0.6 is 0 Å². The van der Waals surface area contributed by atoms with E-state index in [1.807, 2.05) is 24.3 Å².